The summed E-state index contributed by atoms with van der Waals surface area (Å²) in [5.74, 6) is -0.975. The molecule has 0 radical (unpaired) electrons. The molecule has 1 fully saturated rings. The number of rotatable bonds is 4. The molecule has 0 atom stereocenters. The Bertz CT molecular complexity index is 1250. The van der Waals surface area contributed by atoms with Gasteiger partial charge in [-0.25, -0.2) is 0 Å². The fourth-order valence-electron chi connectivity index (χ4n) is 4.32. The molecular formula is C23H22ClN3O3. The van der Waals surface area contributed by atoms with E-state index in [0.29, 0.717) is 23.9 Å². The maximum atomic E-state index is 11.1. The lowest BCUT2D eigenvalue weighted by Crippen LogP contribution is -2.28. The number of carbonyl (C=O) groups is 1. The molecule has 0 aliphatic heterocycles. The number of carboxylic acid groups (broad SMARTS) is 1. The maximum absolute atomic E-state index is 11.1. The number of benzene rings is 2. The van der Waals surface area contributed by atoms with Crippen LogP contribution in [0.5, 0.6) is 6.01 Å². The van der Waals surface area contributed by atoms with Gasteiger partial charge in [-0.3, -0.25) is 4.79 Å². The van der Waals surface area contributed by atoms with E-state index in [0.717, 1.165) is 40.4 Å². The van der Waals surface area contributed by atoms with E-state index in [9.17, 15) is 4.79 Å². The van der Waals surface area contributed by atoms with E-state index >= 15 is 0 Å². The number of nitrogens with zero attached hydrogens (tertiary/aromatic N) is 2. The van der Waals surface area contributed by atoms with E-state index in [4.69, 9.17) is 21.4 Å². The van der Waals surface area contributed by atoms with E-state index in [2.05, 4.69) is 38.8 Å². The fourth-order valence-corrected chi connectivity index (χ4v) is 4.59. The quantitative estimate of drug-likeness (QED) is 0.460. The van der Waals surface area contributed by atoms with Crippen LogP contribution >= 0.6 is 11.6 Å². The molecule has 2 N–H and O–H groups in total. The number of hydrogen-bond donors (Lipinski definition) is 2. The molecule has 154 valence electrons. The van der Waals surface area contributed by atoms with Crippen molar-refractivity contribution >= 4 is 39.5 Å². The molecule has 4 aromatic rings. The van der Waals surface area contributed by atoms with Gasteiger partial charge < -0.3 is 19.4 Å². The minimum atomic E-state index is -0.715. The minimum Gasteiger partial charge on any atom is -0.481 e. The molecule has 0 saturated heterocycles. The zero-order chi connectivity index (χ0) is 20.8. The van der Waals surface area contributed by atoms with Crippen molar-refractivity contribution < 1.29 is 14.6 Å². The van der Waals surface area contributed by atoms with Gasteiger partial charge in [0.15, 0.2) is 0 Å². The van der Waals surface area contributed by atoms with Crippen molar-refractivity contribution in [2.75, 3.05) is 0 Å². The molecule has 2 heterocycles. The van der Waals surface area contributed by atoms with Crippen molar-refractivity contribution in [2.45, 2.75) is 31.8 Å². The first-order valence-corrected chi connectivity index (χ1v) is 10.5. The highest BCUT2D eigenvalue weighted by Gasteiger charge is 2.27. The van der Waals surface area contributed by atoms with Gasteiger partial charge in [-0.15, -0.1) is 0 Å². The number of H-pyrrole nitrogens is 1. The molecule has 6 nitrogen and oxygen atoms in total. The van der Waals surface area contributed by atoms with Crippen LogP contribution in [0.4, 0.5) is 0 Å². The van der Waals surface area contributed by atoms with Crippen molar-refractivity contribution in [3.05, 3.63) is 47.6 Å². The maximum Gasteiger partial charge on any atom is 0.306 e. The first-order chi connectivity index (χ1) is 14.5. The summed E-state index contributed by atoms with van der Waals surface area (Å²) >= 11 is 6.59. The summed E-state index contributed by atoms with van der Waals surface area (Å²) in [5, 5.41) is 11.0. The average molecular weight is 424 g/mol. The number of nitrogens with one attached hydrogen (secondary N) is 1. The standard InChI is InChI=1S/C23H22ClN3O3/c1-27-9-8-15-10-14(4-7-21(15)27)17-11-19-20(12-18(17)24)26-23(25-19)30-16-5-2-13(3-6-16)22(28)29/h4,7-13,16H,2-3,5-6H2,1H3,(H,25,26)(H,28,29). The van der Waals surface area contributed by atoms with E-state index in [1.165, 1.54) is 5.52 Å². The Balaban J connectivity index is 1.40. The highest BCUT2D eigenvalue weighted by molar-refractivity contribution is 6.34. The van der Waals surface area contributed by atoms with Crippen molar-refractivity contribution in [2.24, 2.45) is 13.0 Å². The Hall–Kier alpha value is -2.99. The number of aliphatic carboxylic acids is 1. The summed E-state index contributed by atoms with van der Waals surface area (Å²) in [6.45, 7) is 0. The third-order valence-electron chi connectivity index (χ3n) is 6.05. The van der Waals surface area contributed by atoms with Crippen LogP contribution < -0.4 is 4.74 Å². The minimum absolute atomic E-state index is 0.0170. The molecule has 7 heteroatoms. The van der Waals surface area contributed by atoms with Gasteiger partial charge in [-0.2, -0.15) is 4.98 Å². The number of halogens is 1. The van der Waals surface area contributed by atoms with Crippen LogP contribution in [0.3, 0.4) is 0 Å². The average Bonchev–Trinajstić information content (AvgIpc) is 3.29. The second-order valence-electron chi connectivity index (χ2n) is 8.02. The lowest BCUT2D eigenvalue weighted by molar-refractivity contribution is -0.143. The number of fused-ring (bicyclic) bond motifs is 2. The van der Waals surface area contributed by atoms with E-state index in [1.807, 2.05) is 25.4 Å². The molecule has 0 unspecified atom stereocenters. The first kappa shape index (κ1) is 19.0. The van der Waals surface area contributed by atoms with E-state index < -0.39 is 5.97 Å². The molecule has 30 heavy (non-hydrogen) atoms. The molecule has 2 aromatic heterocycles. The summed E-state index contributed by atoms with van der Waals surface area (Å²) in [6.07, 6.45) is 4.74. The number of imidazole rings is 1. The van der Waals surface area contributed by atoms with Gasteiger partial charge >= 0.3 is 5.97 Å². The number of aromatic amines is 1. The van der Waals surface area contributed by atoms with Crippen LogP contribution in [0.1, 0.15) is 25.7 Å². The van der Waals surface area contributed by atoms with Crippen LogP contribution in [0.25, 0.3) is 33.1 Å². The summed E-state index contributed by atoms with van der Waals surface area (Å²) in [4.78, 5) is 18.9. The molecule has 0 bridgehead atoms. The van der Waals surface area contributed by atoms with E-state index in [-0.39, 0.29) is 12.0 Å². The molecule has 1 aliphatic carbocycles. The van der Waals surface area contributed by atoms with Crippen molar-refractivity contribution in [1.82, 2.24) is 14.5 Å². The predicted molar refractivity (Wildman–Crippen MR) is 117 cm³/mol. The van der Waals surface area contributed by atoms with Gasteiger partial charge in [0.05, 0.1) is 22.0 Å². The van der Waals surface area contributed by atoms with Gasteiger partial charge in [-0.1, -0.05) is 17.7 Å². The van der Waals surface area contributed by atoms with E-state index in [1.54, 1.807) is 0 Å². The number of carboxylic acids is 1. The fraction of sp³-hybridized carbons (Fsp3) is 0.304. The topological polar surface area (TPSA) is 80.1 Å². The van der Waals surface area contributed by atoms with Gasteiger partial charge in [0.2, 0.25) is 0 Å². The van der Waals surface area contributed by atoms with Crippen molar-refractivity contribution in [3.63, 3.8) is 0 Å². The number of hydrogen-bond acceptors (Lipinski definition) is 3. The summed E-state index contributed by atoms with van der Waals surface area (Å²) in [6, 6.07) is 12.7. The van der Waals surface area contributed by atoms with Crippen LogP contribution in [0.15, 0.2) is 42.6 Å². The van der Waals surface area contributed by atoms with Gasteiger partial charge in [-0.05, 0) is 61.6 Å². The Kier molecular flexibility index (Phi) is 4.66. The number of ether oxygens (including phenoxy) is 1. The Morgan fingerprint density at radius 3 is 2.77 bits per heavy atom. The molecule has 0 spiro atoms. The highest BCUT2D eigenvalue weighted by Crippen LogP contribution is 2.34. The first-order valence-electron chi connectivity index (χ1n) is 10.1. The Labute approximate surface area is 178 Å². The van der Waals surface area contributed by atoms with Crippen LogP contribution in [0, 0.1) is 5.92 Å². The Morgan fingerprint density at radius 2 is 2.00 bits per heavy atom. The third-order valence-corrected chi connectivity index (χ3v) is 6.36. The molecule has 2 aromatic carbocycles. The summed E-state index contributed by atoms with van der Waals surface area (Å²) < 4.78 is 8.10. The van der Waals surface area contributed by atoms with Crippen LogP contribution in [0.2, 0.25) is 5.02 Å². The molecule has 0 amide bonds. The SMILES string of the molecule is Cn1ccc2cc(-c3cc4nc(OC5CCC(C(=O)O)CC5)[nH]c4cc3Cl)ccc21. The lowest BCUT2D eigenvalue weighted by atomic mass is 9.87. The summed E-state index contributed by atoms with van der Waals surface area (Å²) in [5.41, 5.74) is 4.74. The monoisotopic (exact) mass is 423 g/mol. The zero-order valence-corrected chi connectivity index (χ0v) is 17.3. The molecule has 1 saturated carbocycles. The molecule has 5 rings (SSSR count). The van der Waals surface area contributed by atoms with Gasteiger partial charge in [0.25, 0.3) is 6.01 Å². The number of aryl methyl sites for hydroxylation is 1. The van der Waals surface area contributed by atoms with Crippen LogP contribution in [-0.4, -0.2) is 31.7 Å². The predicted octanol–water partition coefficient (Wildman–Crippen LogP) is 5.40. The van der Waals surface area contributed by atoms with Gasteiger partial charge in [0, 0.05) is 29.7 Å². The number of aromatic nitrogens is 3. The summed E-state index contributed by atoms with van der Waals surface area (Å²) in [7, 11) is 2.03. The highest BCUT2D eigenvalue weighted by atomic mass is 35.5. The van der Waals surface area contributed by atoms with Gasteiger partial charge in [0.1, 0.15) is 6.10 Å². The van der Waals surface area contributed by atoms with Crippen molar-refractivity contribution in [1.29, 1.82) is 0 Å². The molecular weight excluding hydrogens is 402 g/mol. The molecule has 1 aliphatic rings. The largest absolute Gasteiger partial charge is 0.481 e. The lowest BCUT2D eigenvalue weighted by Gasteiger charge is -2.25. The zero-order valence-electron chi connectivity index (χ0n) is 16.6. The second-order valence-corrected chi connectivity index (χ2v) is 8.43. The normalized spacial score (nSPS) is 19.4. The smallest absolute Gasteiger partial charge is 0.306 e. The van der Waals surface area contributed by atoms with Crippen LogP contribution in [-0.2, 0) is 11.8 Å². The third kappa shape index (κ3) is 3.41. The Morgan fingerprint density at radius 1 is 1.20 bits per heavy atom. The second kappa shape index (κ2) is 7.36. The van der Waals surface area contributed by atoms with Crippen molar-refractivity contribution in [3.8, 4) is 17.1 Å².